The van der Waals surface area contributed by atoms with Crippen LogP contribution in [0.5, 0.6) is 5.06 Å². The van der Waals surface area contributed by atoms with Gasteiger partial charge in [-0.3, -0.25) is 4.79 Å². The monoisotopic (exact) mass is 241 g/mol. The third kappa shape index (κ3) is 1.66. The summed E-state index contributed by atoms with van der Waals surface area (Å²) >= 11 is 2.87. The average molecular weight is 241 g/mol. The number of aryl methyl sites for hydroxylation is 1. The zero-order valence-corrected chi connectivity index (χ0v) is 10.4. The molecule has 0 unspecified atom stereocenters. The molecule has 0 aliphatic heterocycles. The molecule has 0 saturated carbocycles. The summed E-state index contributed by atoms with van der Waals surface area (Å²) < 4.78 is 7.87. The maximum absolute atomic E-state index is 12.0. The molecule has 0 spiro atoms. The van der Waals surface area contributed by atoms with Gasteiger partial charge in [0.1, 0.15) is 4.70 Å². The van der Waals surface area contributed by atoms with Crippen LogP contribution >= 0.6 is 23.1 Å². The van der Waals surface area contributed by atoms with Crippen LogP contribution in [0.4, 0.5) is 0 Å². The molecule has 2 heterocycles. The van der Waals surface area contributed by atoms with Crippen LogP contribution in [-0.4, -0.2) is 17.9 Å². The van der Waals surface area contributed by atoms with E-state index in [1.807, 2.05) is 30.1 Å². The maximum Gasteiger partial charge on any atom is 0.212 e. The molecule has 0 aromatic carbocycles. The van der Waals surface area contributed by atoms with Gasteiger partial charge < -0.3 is 9.30 Å². The molecule has 0 N–H and O–H groups in total. The number of aromatic nitrogens is 1. The molecule has 0 atom stereocenters. The van der Waals surface area contributed by atoms with E-state index in [2.05, 4.69) is 0 Å². The highest BCUT2D eigenvalue weighted by atomic mass is 32.2. The second kappa shape index (κ2) is 3.90. The molecular weight excluding hydrogens is 230 g/mol. The molecule has 0 saturated heterocycles. The number of hydrogen-bond donors (Lipinski definition) is 0. The van der Waals surface area contributed by atoms with Crippen molar-refractivity contribution in [2.75, 3.05) is 13.4 Å². The van der Waals surface area contributed by atoms with Crippen LogP contribution in [0.3, 0.4) is 0 Å². The van der Waals surface area contributed by atoms with Crippen molar-refractivity contribution < 1.29 is 4.74 Å². The molecule has 5 heteroatoms. The van der Waals surface area contributed by atoms with Crippen LogP contribution in [0.15, 0.2) is 22.0 Å². The first-order chi connectivity index (χ1) is 7.17. The lowest BCUT2D eigenvalue weighted by molar-refractivity contribution is 0.427. The highest BCUT2D eigenvalue weighted by molar-refractivity contribution is 7.98. The van der Waals surface area contributed by atoms with Crippen LogP contribution in [0.25, 0.3) is 10.2 Å². The molecule has 0 aliphatic rings. The molecule has 2 rings (SSSR count). The Bertz CT molecular complexity index is 556. The van der Waals surface area contributed by atoms with E-state index < -0.39 is 0 Å². The highest BCUT2D eigenvalue weighted by Gasteiger charge is 2.10. The Kier molecular flexibility index (Phi) is 2.75. The van der Waals surface area contributed by atoms with Gasteiger partial charge >= 0.3 is 0 Å². The van der Waals surface area contributed by atoms with E-state index in [9.17, 15) is 4.79 Å². The summed E-state index contributed by atoms with van der Waals surface area (Å²) in [7, 11) is 3.55. The van der Waals surface area contributed by atoms with E-state index >= 15 is 0 Å². The fourth-order valence-corrected chi connectivity index (χ4v) is 3.03. The first kappa shape index (κ1) is 10.6. The number of thioether (sulfide) groups is 1. The fourth-order valence-electron chi connectivity index (χ4n) is 1.45. The summed E-state index contributed by atoms with van der Waals surface area (Å²) in [6, 6.07) is 1.89. The van der Waals surface area contributed by atoms with Crippen molar-refractivity contribution in [1.82, 2.24) is 4.57 Å². The topological polar surface area (TPSA) is 31.2 Å². The Morgan fingerprint density at radius 1 is 1.53 bits per heavy atom. The molecule has 0 aliphatic carbocycles. The SMILES string of the molecule is COc1cc2c(s1)c(=O)c(SC)cn2C. The van der Waals surface area contributed by atoms with E-state index in [1.54, 1.807) is 7.11 Å². The number of methoxy groups -OCH3 is 1. The molecule has 2 aromatic rings. The van der Waals surface area contributed by atoms with Crippen molar-refractivity contribution in [2.24, 2.45) is 7.05 Å². The molecule has 0 radical (unpaired) electrons. The van der Waals surface area contributed by atoms with Gasteiger partial charge in [-0.15, -0.1) is 11.8 Å². The number of rotatable bonds is 2. The predicted octanol–water partition coefficient (Wildman–Crippen LogP) is 2.33. The summed E-state index contributed by atoms with van der Waals surface area (Å²) in [5.74, 6) is 0. The highest BCUT2D eigenvalue weighted by Crippen LogP contribution is 2.30. The average Bonchev–Trinajstić information content (AvgIpc) is 2.68. The van der Waals surface area contributed by atoms with Crippen molar-refractivity contribution in [3.05, 3.63) is 22.5 Å². The zero-order valence-electron chi connectivity index (χ0n) is 8.73. The van der Waals surface area contributed by atoms with Crippen molar-refractivity contribution in [2.45, 2.75) is 4.90 Å². The second-order valence-electron chi connectivity index (χ2n) is 3.12. The minimum Gasteiger partial charge on any atom is -0.487 e. The number of fused-ring (bicyclic) bond motifs is 1. The summed E-state index contributed by atoms with van der Waals surface area (Å²) in [6.07, 6.45) is 3.77. The fraction of sp³-hybridized carbons (Fsp3) is 0.300. The lowest BCUT2D eigenvalue weighted by atomic mass is 10.4. The lowest BCUT2D eigenvalue weighted by Gasteiger charge is -2.02. The van der Waals surface area contributed by atoms with Crippen molar-refractivity contribution in [3.8, 4) is 5.06 Å². The third-order valence-electron chi connectivity index (χ3n) is 2.23. The van der Waals surface area contributed by atoms with Gasteiger partial charge in [-0.05, 0) is 6.26 Å². The van der Waals surface area contributed by atoms with Gasteiger partial charge in [0.15, 0.2) is 5.06 Å². The molecule has 2 aromatic heterocycles. The molecule has 0 fully saturated rings. The van der Waals surface area contributed by atoms with Crippen molar-refractivity contribution >= 4 is 33.3 Å². The number of pyridine rings is 1. The molecule has 80 valence electrons. The summed E-state index contributed by atoms with van der Waals surface area (Å²) in [5.41, 5.74) is 1.03. The molecule has 15 heavy (non-hydrogen) atoms. The Balaban J connectivity index is 2.84. The number of hydrogen-bond acceptors (Lipinski definition) is 4. The number of thiophene rings is 1. The largest absolute Gasteiger partial charge is 0.487 e. The van der Waals surface area contributed by atoms with Gasteiger partial charge in [0.2, 0.25) is 5.43 Å². The zero-order chi connectivity index (χ0) is 11.0. The van der Waals surface area contributed by atoms with Crippen molar-refractivity contribution in [3.63, 3.8) is 0 Å². The minimum atomic E-state index is 0.101. The first-order valence-electron chi connectivity index (χ1n) is 4.38. The van der Waals surface area contributed by atoms with Gasteiger partial charge in [-0.1, -0.05) is 11.3 Å². The molecular formula is C10H11NO2S2. The number of nitrogens with zero attached hydrogens (tertiary/aromatic N) is 1. The standard InChI is InChI=1S/C10H11NO2S2/c1-11-5-7(14-3)9(12)10-6(11)4-8(13-2)15-10/h4-5H,1-3H3. The van der Waals surface area contributed by atoms with Crippen LogP contribution in [0.1, 0.15) is 0 Å². The Morgan fingerprint density at radius 2 is 2.27 bits per heavy atom. The van der Waals surface area contributed by atoms with E-state index in [-0.39, 0.29) is 5.43 Å². The van der Waals surface area contributed by atoms with Gasteiger partial charge in [-0.25, -0.2) is 0 Å². The van der Waals surface area contributed by atoms with Crippen LogP contribution in [0.2, 0.25) is 0 Å². The summed E-state index contributed by atoms with van der Waals surface area (Å²) in [4.78, 5) is 12.7. The van der Waals surface area contributed by atoms with Gasteiger partial charge in [-0.2, -0.15) is 0 Å². The van der Waals surface area contributed by atoms with Gasteiger partial charge in [0.05, 0.1) is 17.5 Å². The molecule has 3 nitrogen and oxygen atoms in total. The Labute approximate surface area is 95.7 Å². The van der Waals surface area contributed by atoms with Crippen molar-refractivity contribution in [1.29, 1.82) is 0 Å². The normalized spacial score (nSPS) is 10.9. The number of ether oxygens (including phenoxy) is 1. The smallest absolute Gasteiger partial charge is 0.212 e. The minimum absolute atomic E-state index is 0.101. The third-order valence-corrected chi connectivity index (χ3v) is 4.05. The van der Waals surface area contributed by atoms with Gasteiger partial charge in [0.25, 0.3) is 0 Å². The first-order valence-corrected chi connectivity index (χ1v) is 6.42. The molecule has 0 amide bonds. The Morgan fingerprint density at radius 3 is 2.87 bits per heavy atom. The van der Waals surface area contributed by atoms with E-state index in [1.165, 1.54) is 23.1 Å². The van der Waals surface area contributed by atoms with E-state index in [0.717, 1.165) is 20.2 Å². The summed E-state index contributed by atoms with van der Waals surface area (Å²) in [6.45, 7) is 0. The van der Waals surface area contributed by atoms with Crippen LogP contribution in [0, 0.1) is 0 Å². The Hall–Kier alpha value is -0.940. The van der Waals surface area contributed by atoms with E-state index in [4.69, 9.17) is 4.74 Å². The quantitative estimate of drug-likeness (QED) is 0.756. The molecule has 0 bridgehead atoms. The predicted molar refractivity (Wildman–Crippen MR) is 65.4 cm³/mol. The van der Waals surface area contributed by atoms with E-state index in [0.29, 0.717) is 0 Å². The maximum atomic E-state index is 12.0. The van der Waals surface area contributed by atoms with Crippen LogP contribution < -0.4 is 10.2 Å². The lowest BCUT2D eigenvalue weighted by Crippen LogP contribution is -2.06. The summed E-state index contributed by atoms with van der Waals surface area (Å²) in [5, 5.41) is 0.774. The van der Waals surface area contributed by atoms with Crippen LogP contribution in [-0.2, 0) is 7.05 Å². The van der Waals surface area contributed by atoms with Gasteiger partial charge in [0, 0.05) is 19.3 Å². The second-order valence-corrected chi connectivity index (χ2v) is 4.98.